The number of anilines is 2. The number of amides is 2. The standard InChI is InChI=1S/C23H18F3N3O2/c1-15-7-9-17(22(31)28-19-6-2-5-18(13-19)23(24,25)26)12-20(15)29-21(30)10-8-16-4-3-11-27-14-16/h2-14H,1H3,(H,28,31)(H,29,30)/b10-8+. The normalized spacial score (nSPS) is 11.4. The quantitative estimate of drug-likeness (QED) is 0.544. The topological polar surface area (TPSA) is 71.1 Å². The summed E-state index contributed by atoms with van der Waals surface area (Å²) in [6.45, 7) is 1.76. The van der Waals surface area contributed by atoms with E-state index in [1.807, 2.05) is 0 Å². The van der Waals surface area contributed by atoms with Crippen molar-refractivity contribution in [1.29, 1.82) is 0 Å². The Morgan fingerprint density at radius 3 is 2.52 bits per heavy atom. The van der Waals surface area contributed by atoms with Crippen LogP contribution in [0, 0.1) is 6.92 Å². The van der Waals surface area contributed by atoms with E-state index in [2.05, 4.69) is 15.6 Å². The highest BCUT2D eigenvalue weighted by Crippen LogP contribution is 2.30. The summed E-state index contributed by atoms with van der Waals surface area (Å²) >= 11 is 0. The molecule has 5 nitrogen and oxygen atoms in total. The Morgan fingerprint density at radius 1 is 1.00 bits per heavy atom. The minimum atomic E-state index is -4.51. The Morgan fingerprint density at radius 2 is 1.81 bits per heavy atom. The van der Waals surface area contributed by atoms with Gasteiger partial charge in [-0.3, -0.25) is 14.6 Å². The second-order valence-corrected chi connectivity index (χ2v) is 6.67. The highest BCUT2D eigenvalue weighted by Gasteiger charge is 2.30. The van der Waals surface area contributed by atoms with E-state index in [9.17, 15) is 22.8 Å². The Balaban J connectivity index is 1.72. The van der Waals surface area contributed by atoms with Gasteiger partial charge < -0.3 is 10.6 Å². The third-order valence-electron chi connectivity index (χ3n) is 4.32. The number of hydrogen-bond donors (Lipinski definition) is 2. The van der Waals surface area contributed by atoms with Crippen molar-refractivity contribution in [3.05, 3.63) is 95.3 Å². The van der Waals surface area contributed by atoms with Gasteiger partial charge in [0.1, 0.15) is 0 Å². The number of halogens is 3. The van der Waals surface area contributed by atoms with Crippen molar-refractivity contribution in [2.24, 2.45) is 0 Å². The number of carbonyl (C=O) groups excluding carboxylic acids is 2. The van der Waals surface area contributed by atoms with Crippen LogP contribution in [0.15, 0.2) is 73.1 Å². The number of pyridine rings is 1. The van der Waals surface area contributed by atoms with Crippen LogP contribution in [0.5, 0.6) is 0 Å². The molecule has 0 fully saturated rings. The zero-order valence-electron chi connectivity index (χ0n) is 16.4. The molecule has 1 aromatic heterocycles. The number of hydrogen-bond acceptors (Lipinski definition) is 3. The lowest BCUT2D eigenvalue weighted by Crippen LogP contribution is -2.15. The van der Waals surface area contributed by atoms with Gasteiger partial charge in [-0.15, -0.1) is 0 Å². The lowest BCUT2D eigenvalue weighted by atomic mass is 10.1. The molecule has 0 bridgehead atoms. The van der Waals surface area contributed by atoms with Gasteiger partial charge in [-0.2, -0.15) is 13.2 Å². The highest BCUT2D eigenvalue weighted by atomic mass is 19.4. The summed E-state index contributed by atoms with van der Waals surface area (Å²) in [5.74, 6) is -0.997. The molecule has 0 aliphatic carbocycles. The second kappa shape index (κ2) is 9.25. The molecule has 3 aromatic rings. The maximum absolute atomic E-state index is 12.9. The fourth-order valence-corrected chi connectivity index (χ4v) is 2.70. The number of rotatable bonds is 5. The Labute approximate surface area is 176 Å². The monoisotopic (exact) mass is 425 g/mol. The zero-order valence-corrected chi connectivity index (χ0v) is 16.4. The summed E-state index contributed by atoms with van der Waals surface area (Å²) in [4.78, 5) is 28.7. The Bertz CT molecular complexity index is 1130. The first-order chi connectivity index (χ1) is 14.7. The predicted octanol–water partition coefficient (Wildman–Crippen LogP) is 5.31. The molecule has 1 heterocycles. The molecule has 31 heavy (non-hydrogen) atoms. The van der Waals surface area contributed by atoms with Gasteiger partial charge in [-0.1, -0.05) is 18.2 Å². The van der Waals surface area contributed by atoms with E-state index in [0.717, 1.165) is 23.3 Å². The molecule has 2 aromatic carbocycles. The first-order valence-corrected chi connectivity index (χ1v) is 9.21. The second-order valence-electron chi connectivity index (χ2n) is 6.67. The largest absolute Gasteiger partial charge is 0.416 e. The summed E-state index contributed by atoms with van der Waals surface area (Å²) in [6.07, 6.45) is 1.66. The first-order valence-electron chi connectivity index (χ1n) is 9.21. The van der Waals surface area contributed by atoms with Gasteiger partial charge in [0.2, 0.25) is 5.91 Å². The van der Waals surface area contributed by atoms with Crippen LogP contribution in [-0.4, -0.2) is 16.8 Å². The molecule has 0 radical (unpaired) electrons. The van der Waals surface area contributed by atoms with E-state index in [1.165, 1.54) is 30.3 Å². The van der Waals surface area contributed by atoms with Crippen molar-refractivity contribution >= 4 is 29.3 Å². The van der Waals surface area contributed by atoms with Gasteiger partial charge >= 0.3 is 6.18 Å². The lowest BCUT2D eigenvalue weighted by molar-refractivity contribution is -0.137. The van der Waals surface area contributed by atoms with E-state index in [-0.39, 0.29) is 11.3 Å². The van der Waals surface area contributed by atoms with Crippen molar-refractivity contribution in [2.45, 2.75) is 13.1 Å². The molecule has 0 aliphatic rings. The van der Waals surface area contributed by atoms with Gasteiger partial charge in [-0.25, -0.2) is 0 Å². The zero-order chi connectivity index (χ0) is 22.4. The van der Waals surface area contributed by atoms with E-state index < -0.39 is 23.6 Å². The maximum Gasteiger partial charge on any atom is 0.416 e. The fourth-order valence-electron chi connectivity index (χ4n) is 2.70. The average Bonchev–Trinajstić information content (AvgIpc) is 2.74. The number of nitrogens with one attached hydrogen (secondary N) is 2. The molecule has 0 unspecified atom stereocenters. The number of benzene rings is 2. The number of nitrogens with zero attached hydrogens (tertiary/aromatic N) is 1. The minimum absolute atomic E-state index is 0.0189. The number of carbonyl (C=O) groups is 2. The lowest BCUT2D eigenvalue weighted by Gasteiger charge is -2.12. The summed E-state index contributed by atoms with van der Waals surface area (Å²) in [7, 11) is 0. The molecule has 2 N–H and O–H groups in total. The third kappa shape index (κ3) is 6.02. The molecule has 2 amide bonds. The van der Waals surface area contributed by atoms with Crippen LogP contribution in [0.2, 0.25) is 0 Å². The molecular weight excluding hydrogens is 407 g/mol. The highest BCUT2D eigenvalue weighted by molar-refractivity contribution is 6.07. The Kier molecular flexibility index (Phi) is 6.49. The fraction of sp³-hybridized carbons (Fsp3) is 0.0870. The van der Waals surface area contributed by atoms with Crippen LogP contribution in [-0.2, 0) is 11.0 Å². The van der Waals surface area contributed by atoms with Gasteiger partial charge in [0.05, 0.1) is 5.56 Å². The van der Waals surface area contributed by atoms with Crippen molar-refractivity contribution in [2.75, 3.05) is 10.6 Å². The third-order valence-corrected chi connectivity index (χ3v) is 4.32. The minimum Gasteiger partial charge on any atom is -0.322 e. The van der Waals surface area contributed by atoms with Crippen molar-refractivity contribution < 1.29 is 22.8 Å². The van der Waals surface area contributed by atoms with Crippen LogP contribution in [0.3, 0.4) is 0 Å². The summed E-state index contributed by atoms with van der Waals surface area (Å²) in [5.41, 5.74) is 1.24. The molecule has 158 valence electrons. The molecule has 3 rings (SSSR count). The van der Waals surface area contributed by atoms with Gasteiger partial charge in [-0.05, 0) is 60.5 Å². The van der Waals surface area contributed by atoms with Gasteiger partial charge in [0, 0.05) is 35.4 Å². The van der Waals surface area contributed by atoms with Crippen LogP contribution in [0.4, 0.5) is 24.5 Å². The molecule has 0 saturated heterocycles. The van der Waals surface area contributed by atoms with Gasteiger partial charge in [0.15, 0.2) is 0 Å². The molecule has 0 saturated carbocycles. The van der Waals surface area contributed by atoms with Crippen molar-refractivity contribution in [3.63, 3.8) is 0 Å². The molecular formula is C23H18F3N3O2. The summed E-state index contributed by atoms with van der Waals surface area (Å²) in [5, 5.41) is 5.14. The van der Waals surface area contributed by atoms with Gasteiger partial charge in [0.25, 0.3) is 5.91 Å². The molecule has 0 atom stereocenters. The summed E-state index contributed by atoms with van der Waals surface area (Å²) < 4.78 is 38.6. The van der Waals surface area contributed by atoms with E-state index in [1.54, 1.807) is 43.6 Å². The predicted molar refractivity (Wildman–Crippen MR) is 112 cm³/mol. The number of alkyl halides is 3. The van der Waals surface area contributed by atoms with E-state index >= 15 is 0 Å². The maximum atomic E-state index is 12.9. The van der Waals surface area contributed by atoms with E-state index in [0.29, 0.717) is 5.69 Å². The SMILES string of the molecule is Cc1ccc(C(=O)Nc2cccc(C(F)(F)F)c2)cc1NC(=O)/C=C/c1cccnc1. The van der Waals surface area contributed by atoms with Crippen LogP contribution < -0.4 is 10.6 Å². The molecule has 0 aliphatic heterocycles. The van der Waals surface area contributed by atoms with Crippen molar-refractivity contribution in [3.8, 4) is 0 Å². The first kappa shape index (κ1) is 21.8. The van der Waals surface area contributed by atoms with Crippen molar-refractivity contribution in [1.82, 2.24) is 4.98 Å². The van der Waals surface area contributed by atoms with E-state index in [4.69, 9.17) is 0 Å². The van der Waals surface area contributed by atoms with Crippen LogP contribution >= 0.6 is 0 Å². The molecule has 0 spiro atoms. The number of aromatic nitrogens is 1. The van der Waals surface area contributed by atoms with Crippen LogP contribution in [0.25, 0.3) is 6.08 Å². The Hall–Kier alpha value is -3.94. The molecule has 8 heteroatoms. The average molecular weight is 425 g/mol. The summed E-state index contributed by atoms with van der Waals surface area (Å²) in [6, 6.07) is 12.5. The smallest absolute Gasteiger partial charge is 0.322 e. The van der Waals surface area contributed by atoms with Crippen LogP contribution in [0.1, 0.15) is 27.0 Å². The number of aryl methyl sites for hydroxylation is 1.